The van der Waals surface area contributed by atoms with Crippen LogP contribution in [-0.4, -0.2) is 20.0 Å². The SMILES string of the molecule is [C-]#[N+]c1cc(-c2c(Cl)cc(CC(=O)Cc3ccc(S(=O)(=O)CC)cc3)cc2Cl)ccc1CC(C)CC. The van der Waals surface area contributed by atoms with Crippen LogP contribution < -0.4 is 0 Å². The Balaban J connectivity index is 1.77. The number of benzene rings is 3. The van der Waals surface area contributed by atoms with Crippen LogP contribution in [0.3, 0.4) is 0 Å². The smallest absolute Gasteiger partial charge is 0.191 e. The summed E-state index contributed by atoms with van der Waals surface area (Å²) in [6.07, 6.45) is 2.21. The Morgan fingerprint density at radius 3 is 2.11 bits per heavy atom. The summed E-state index contributed by atoms with van der Waals surface area (Å²) < 4.78 is 23.9. The standard InChI is InChI=1S/C29H29Cl2NO3S/c1-5-19(3)13-22-9-10-23(18-28(22)32-4)29-26(30)16-21(17-27(29)31)15-24(33)14-20-7-11-25(12-8-20)36(34,35)6-2/h7-12,16-19H,5-6,13-15H2,1-3H3. The third-order valence-electron chi connectivity index (χ3n) is 6.33. The number of rotatable bonds is 10. The molecule has 0 spiro atoms. The maximum absolute atomic E-state index is 12.7. The first-order chi connectivity index (χ1) is 17.1. The molecule has 3 rings (SSSR count). The van der Waals surface area contributed by atoms with Crippen molar-refractivity contribution in [2.75, 3.05) is 5.75 Å². The Morgan fingerprint density at radius 1 is 0.944 bits per heavy atom. The fourth-order valence-corrected chi connectivity index (χ4v) is 5.65. The Bertz CT molecular complexity index is 1380. The number of hydrogen-bond donors (Lipinski definition) is 0. The number of sulfone groups is 1. The van der Waals surface area contributed by atoms with E-state index in [9.17, 15) is 13.2 Å². The zero-order chi connectivity index (χ0) is 26.5. The molecule has 0 aliphatic heterocycles. The van der Waals surface area contributed by atoms with Crippen LogP contribution in [0.1, 0.15) is 43.9 Å². The fraction of sp³-hybridized carbons (Fsp3) is 0.310. The van der Waals surface area contributed by atoms with Gasteiger partial charge in [-0.3, -0.25) is 4.79 Å². The molecular formula is C29H29Cl2NO3S. The molecular weight excluding hydrogens is 513 g/mol. The van der Waals surface area contributed by atoms with Crippen molar-refractivity contribution in [3.05, 3.63) is 92.8 Å². The lowest BCUT2D eigenvalue weighted by molar-refractivity contribution is -0.117. The summed E-state index contributed by atoms with van der Waals surface area (Å²) in [5.74, 6) is 0.484. The first kappa shape index (κ1) is 27.9. The number of hydrogen-bond acceptors (Lipinski definition) is 3. The van der Waals surface area contributed by atoms with Crippen LogP contribution in [0.2, 0.25) is 10.0 Å². The van der Waals surface area contributed by atoms with Gasteiger partial charge in [0.2, 0.25) is 0 Å². The van der Waals surface area contributed by atoms with Crippen molar-refractivity contribution in [3.8, 4) is 11.1 Å². The zero-order valence-corrected chi connectivity index (χ0v) is 23.0. The summed E-state index contributed by atoms with van der Waals surface area (Å²) in [5.41, 5.74) is 4.46. The molecule has 0 aromatic heterocycles. The molecule has 1 atom stereocenters. The maximum atomic E-state index is 12.7. The highest BCUT2D eigenvalue weighted by atomic mass is 35.5. The van der Waals surface area contributed by atoms with Crippen molar-refractivity contribution >= 4 is 44.5 Å². The van der Waals surface area contributed by atoms with E-state index >= 15 is 0 Å². The van der Waals surface area contributed by atoms with Crippen LogP contribution in [0, 0.1) is 12.5 Å². The average molecular weight is 543 g/mol. The zero-order valence-electron chi connectivity index (χ0n) is 20.6. The minimum absolute atomic E-state index is 0.0319. The summed E-state index contributed by atoms with van der Waals surface area (Å²) in [7, 11) is -3.27. The van der Waals surface area contributed by atoms with E-state index in [4.69, 9.17) is 29.8 Å². The van der Waals surface area contributed by atoms with Crippen LogP contribution in [0.15, 0.2) is 59.5 Å². The average Bonchev–Trinajstić information content (AvgIpc) is 2.84. The minimum atomic E-state index is -3.27. The molecule has 1 unspecified atom stereocenters. The molecule has 188 valence electrons. The number of halogens is 2. The highest BCUT2D eigenvalue weighted by Gasteiger charge is 2.16. The lowest BCUT2D eigenvalue weighted by Gasteiger charge is -2.14. The van der Waals surface area contributed by atoms with Gasteiger partial charge in [0, 0.05) is 18.4 Å². The number of carbonyl (C=O) groups is 1. The van der Waals surface area contributed by atoms with Gasteiger partial charge in [0.25, 0.3) is 0 Å². The van der Waals surface area contributed by atoms with E-state index < -0.39 is 9.84 Å². The molecule has 0 fully saturated rings. The van der Waals surface area contributed by atoms with E-state index in [1.807, 2.05) is 18.2 Å². The van der Waals surface area contributed by atoms with Gasteiger partial charge in [-0.15, -0.1) is 0 Å². The predicted molar refractivity (Wildman–Crippen MR) is 148 cm³/mol. The minimum Gasteiger partial charge on any atom is -0.299 e. The number of carbonyl (C=O) groups excluding carboxylic acids is 1. The number of ketones is 1. The van der Waals surface area contributed by atoms with Gasteiger partial charge < -0.3 is 0 Å². The van der Waals surface area contributed by atoms with E-state index in [1.165, 1.54) is 12.1 Å². The second-order valence-electron chi connectivity index (χ2n) is 9.05. The molecule has 0 saturated carbocycles. The van der Waals surface area contributed by atoms with Crippen LogP contribution in [0.4, 0.5) is 5.69 Å². The molecule has 0 saturated heterocycles. The summed E-state index contributed by atoms with van der Waals surface area (Å²) in [5, 5.41) is 0.843. The summed E-state index contributed by atoms with van der Waals surface area (Å²) in [6, 6.07) is 15.6. The van der Waals surface area contributed by atoms with Crippen molar-refractivity contribution in [2.45, 2.75) is 51.3 Å². The first-order valence-electron chi connectivity index (χ1n) is 11.9. The highest BCUT2D eigenvalue weighted by molar-refractivity contribution is 7.91. The van der Waals surface area contributed by atoms with Crippen LogP contribution >= 0.6 is 23.2 Å². The van der Waals surface area contributed by atoms with Gasteiger partial charge in [0.05, 0.1) is 27.3 Å². The van der Waals surface area contributed by atoms with Gasteiger partial charge in [-0.1, -0.05) is 74.7 Å². The van der Waals surface area contributed by atoms with E-state index in [1.54, 1.807) is 31.2 Å². The predicted octanol–water partition coefficient (Wildman–Crippen LogP) is 7.95. The highest BCUT2D eigenvalue weighted by Crippen LogP contribution is 2.39. The molecule has 4 nitrogen and oxygen atoms in total. The van der Waals surface area contributed by atoms with Gasteiger partial charge in [-0.25, -0.2) is 13.3 Å². The maximum Gasteiger partial charge on any atom is 0.191 e. The largest absolute Gasteiger partial charge is 0.299 e. The van der Waals surface area contributed by atoms with E-state index in [0.29, 0.717) is 32.8 Å². The van der Waals surface area contributed by atoms with Crippen LogP contribution in [-0.2, 0) is 33.9 Å². The lowest BCUT2D eigenvalue weighted by atomic mass is 9.94. The van der Waals surface area contributed by atoms with Gasteiger partial charge in [0.1, 0.15) is 5.78 Å². The van der Waals surface area contributed by atoms with Crippen molar-refractivity contribution in [1.29, 1.82) is 0 Å². The van der Waals surface area contributed by atoms with Crippen molar-refractivity contribution in [3.63, 3.8) is 0 Å². The number of Topliss-reactive ketones (excluding diaryl/α,β-unsaturated/α-hetero) is 1. The Hall–Kier alpha value is -2.65. The normalized spacial score (nSPS) is 12.2. The van der Waals surface area contributed by atoms with E-state index in [2.05, 4.69) is 18.7 Å². The topological polar surface area (TPSA) is 55.6 Å². The summed E-state index contributed by atoms with van der Waals surface area (Å²) in [4.78, 5) is 16.7. The van der Waals surface area contributed by atoms with Crippen LogP contribution in [0.25, 0.3) is 16.0 Å². The summed E-state index contributed by atoms with van der Waals surface area (Å²) in [6.45, 7) is 13.5. The Labute approximate surface area is 224 Å². The molecule has 36 heavy (non-hydrogen) atoms. The molecule has 0 aliphatic rings. The van der Waals surface area contributed by atoms with Gasteiger partial charge >= 0.3 is 0 Å². The molecule has 0 amide bonds. The molecule has 3 aromatic carbocycles. The molecule has 0 radical (unpaired) electrons. The van der Waals surface area contributed by atoms with Crippen molar-refractivity contribution < 1.29 is 13.2 Å². The van der Waals surface area contributed by atoms with Crippen molar-refractivity contribution in [2.24, 2.45) is 5.92 Å². The molecule has 7 heteroatoms. The molecule has 0 heterocycles. The third-order valence-corrected chi connectivity index (χ3v) is 8.67. The Morgan fingerprint density at radius 2 is 1.56 bits per heavy atom. The molecule has 0 aliphatic carbocycles. The Kier molecular flexibility index (Phi) is 9.35. The van der Waals surface area contributed by atoms with Gasteiger partial charge in [-0.05, 0) is 64.9 Å². The lowest BCUT2D eigenvalue weighted by Crippen LogP contribution is -2.08. The van der Waals surface area contributed by atoms with Crippen LogP contribution in [0.5, 0.6) is 0 Å². The fourth-order valence-electron chi connectivity index (χ4n) is 4.02. The number of nitrogens with zero attached hydrogens (tertiary/aromatic N) is 1. The third kappa shape index (κ3) is 6.76. The monoisotopic (exact) mass is 541 g/mol. The first-order valence-corrected chi connectivity index (χ1v) is 14.3. The summed E-state index contributed by atoms with van der Waals surface area (Å²) >= 11 is 13.2. The second kappa shape index (κ2) is 12.1. The van der Waals surface area contributed by atoms with E-state index in [-0.39, 0.29) is 29.3 Å². The second-order valence-corrected chi connectivity index (χ2v) is 12.1. The molecule has 0 bridgehead atoms. The van der Waals surface area contributed by atoms with Gasteiger partial charge in [-0.2, -0.15) is 0 Å². The molecule has 3 aromatic rings. The van der Waals surface area contributed by atoms with Gasteiger partial charge in [0.15, 0.2) is 15.5 Å². The van der Waals surface area contributed by atoms with E-state index in [0.717, 1.165) is 29.5 Å². The molecule has 0 N–H and O–H groups in total. The quantitative estimate of drug-likeness (QED) is 0.244. The van der Waals surface area contributed by atoms with Crippen molar-refractivity contribution in [1.82, 2.24) is 0 Å².